The maximum Gasteiger partial charge on any atom is 0.264 e. The van der Waals surface area contributed by atoms with Crippen molar-refractivity contribution in [3.05, 3.63) is 84.2 Å². The molecule has 0 radical (unpaired) electrons. The summed E-state index contributed by atoms with van der Waals surface area (Å²) in [7, 11) is -1.36. The first-order valence-electron chi connectivity index (χ1n) is 13.1. The van der Waals surface area contributed by atoms with Gasteiger partial charge in [-0.05, 0) is 54.8 Å². The van der Waals surface area contributed by atoms with Crippen molar-refractivity contribution in [2.45, 2.75) is 38.3 Å². The third kappa shape index (κ3) is 7.97. The molecule has 0 heterocycles. The number of nitrogens with one attached hydrogen (secondary N) is 1. The Morgan fingerprint density at radius 2 is 1.54 bits per heavy atom. The largest absolute Gasteiger partial charge is 0.493 e. The first-order valence-corrected chi connectivity index (χ1v) is 14.5. The standard InChI is InChI=1S/C30H36FN3O6S/c1-21(2)18-32-30(36)22(3)33(19-23-11-13-24(31)14-12-23)29(35)20-34(41(37,38)26-9-7-6-8-10-26)25-15-16-27(39-4)28(17-25)40-5/h6-17,21-22H,18-20H2,1-5H3,(H,32,36). The van der Waals surface area contributed by atoms with Crippen LogP contribution >= 0.6 is 0 Å². The zero-order valence-corrected chi connectivity index (χ0v) is 24.7. The van der Waals surface area contributed by atoms with Gasteiger partial charge in [0.2, 0.25) is 11.8 Å². The van der Waals surface area contributed by atoms with Crippen LogP contribution in [0.2, 0.25) is 0 Å². The molecule has 0 aliphatic carbocycles. The van der Waals surface area contributed by atoms with Crippen molar-refractivity contribution in [2.75, 3.05) is 31.6 Å². The molecular weight excluding hydrogens is 549 g/mol. The summed E-state index contributed by atoms with van der Waals surface area (Å²) < 4.78 is 53.0. The van der Waals surface area contributed by atoms with Crippen LogP contribution in [-0.2, 0) is 26.2 Å². The van der Waals surface area contributed by atoms with Crippen molar-refractivity contribution in [2.24, 2.45) is 5.92 Å². The van der Waals surface area contributed by atoms with Crippen LogP contribution in [0.5, 0.6) is 11.5 Å². The van der Waals surface area contributed by atoms with Gasteiger partial charge in [0.25, 0.3) is 10.0 Å². The lowest BCUT2D eigenvalue weighted by Gasteiger charge is -2.32. The number of amides is 2. The Kier molecular flexibility index (Phi) is 10.7. The molecule has 3 rings (SSSR count). The van der Waals surface area contributed by atoms with E-state index in [1.807, 2.05) is 13.8 Å². The van der Waals surface area contributed by atoms with Crippen molar-refractivity contribution in [3.8, 4) is 11.5 Å². The number of carbonyl (C=O) groups is 2. The zero-order chi connectivity index (χ0) is 30.2. The maximum absolute atomic E-state index is 13.9. The number of halogens is 1. The number of nitrogens with zero attached hydrogens (tertiary/aromatic N) is 2. The van der Waals surface area contributed by atoms with Crippen LogP contribution < -0.4 is 19.1 Å². The highest BCUT2D eigenvalue weighted by Gasteiger charge is 2.33. The molecule has 0 saturated heterocycles. The van der Waals surface area contributed by atoms with E-state index < -0.39 is 40.2 Å². The molecule has 1 unspecified atom stereocenters. The van der Waals surface area contributed by atoms with Gasteiger partial charge in [-0.3, -0.25) is 13.9 Å². The molecule has 0 bridgehead atoms. The summed E-state index contributed by atoms with van der Waals surface area (Å²) in [4.78, 5) is 28.3. The second-order valence-corrected chi connectivity index (χ2v) is 11.7. The number of rotatable bonds is 13. The molecule has 3 aromatic carbocycles. The highest BCUT2D eigenvalue weighted by molar-refractivity contribution is 7.92. The first kappa shape index (κ1) is 31.4. The molecule has 11 heteroatoms. The topological polar surface area (TPSA) is 105 Å². The van der Waals surface area contributed by atoms with Crippen LogP contribution in [0, 0.1) is 11.7 Å². The number of sulfonamides is 1. The SMILES string of the molecule is COc1ccc(N(CC(=O)N(Cc2ccc(F)cc2)C(C)C(=O)NCC(C)C)S(=O)(=O)c2ccccc2)cc1OC. The van der Waals surface area contributed by atoms with Gasteiger partial charge >= 0.3 is 0 Å². The average Bonchev–Trinajstić information content (AvgIpc) is 2.97. The Balaban J connectivity index is 2.05. The molecule has 41 heavy (non-hydrogen) atoms. The Morgan fingerprint density at radius 3 is 2.12 bits per heavy atom. The number of benzene rings is 3. The fraction of sp³-hybridized carbons (Fsp3) is 0.333. The van der Waals surface area contributed by atoms with Gasteiger partial charge in [-0.2, -0.15) is 0 Å². The molecule has 1 atom stereocenters. The predicted molar refractivity (Wildman–Crippen MR) is 155 cm³/mol. The number of anilines is 1. The molecule has 0 aliphatic heterocycles. The van der Waals surface area contributed by atoms with Gasteiger partial charge in [0, 0.05) is 19.2 Å². The molecule has 0 aliphatic rings. The van der Waals surface area contributed by atoms with Crippen LogP contribution in [-0.4, -0.2) is 58.5 Å². The van der Waals surface area contributed by atoms with Crippen molar-refractivity contribution in [1.82, 2.24) is 10.2 Å². The number of hydrogen-bond acceptors (Lipinski definition) is 6. The Bertz CT molecular complexity index is 1430. The second-order valence-electron chi connectivity index (χ2n) is 9.83. The van der Waals surface area contributed by atoms with E-state index in [2.05, 4.69) is 5.32 Å². The molecule has 9 nitrogen and oxygen atoms in total. The van der Waals surface area contributed by atoms with Gasteiger partial charge in [0.05, 0.1) is 24.8 Å². The van der Waals surface area contributed by atoms with Crippen LogP contribution in [0.4, 0.5) is 10.1 Å². The van der Waals surface area contributed by atoms with Crippen LogP contribution in [0.1, 0.15) is 26.3 Å². The molecule has 1 N–H and O–H groups in total. The smallest absolute Gasteiger partial charge is 0.264 e. The van der Waals surface area contributed by atoms with E-state index >= 15 is 0 Å². The molecule has 2 amide bonds. The van der Waals surface area contributed by atoms with Gasteiger partial charge in [-0.1, -0.05) is 44.2 Å². The normalized spacial score (nSPS) is 12.0. The van der Waals surface area contributed by atoms with Crippen LogP contribution in [0.15, 0.2) is 77.7 Å². The molecule has 0 spiro atoms. The average molecular weight is 586 g/mol. The monoisotopic (exact) mass is 585 g/mol. The molecule has 0 saturated carbocycles. The molecular formula is C30H36FN3O6S. The summed E-state index contributed by atoms with van der Waals surface area (Å²) in [6, 6.07) is 16.9. The third-order valence-corrected chi connectivity index (χ3v) is 8.17. The number of carbonyl (C=O) groups excluding carboxylic acids is 2. The minimum Gasteiger partial charge on any atom is -0.493 e. The Morgan fingerprint density at radius 1 is 0.902 bits per heavy atom. The van der Waals surface area contributed by atoms with E-state index in [0.717, 1.165) is 4.31 Å². The van der Waals surface area contributed by atoms with Gasteiger partial charge in [-0.25, -0.2) is 12.8 Å². The van der Waals surface area contributed by atoms with E-state index in [9.17, 15) is 22.4 Å². The lowest BCUT2D eigenvalue weighted by atomic mass is 10.1. The van der Waals surface area contributed by atoms with Crippen LogP contribution in [0.3, 0.4) is 0 Å². The molecule has 0 aromatic heterocycles. The quantitative estimate of drug-likeness (QED) is 0.322. The van der Waals surface area contributed by atoms with Crippen LogP contribution in [0.25, 0.3) is 0 Å². The first-order chi connectivity index (χ1) is 19.5. The third-order valence-electron chi connectivity index (χ3n) is 6.38. The maximum atomic E-state index is 13.9. The predicted octanol–water partition coefficient (Wildman–Crippen LogP) is 4.23. The number of hydrogen-bond donors (Lipinski definition) is 1. The second kappa shape index (κ2) is 14.0. The minimum absolute atomic E-state index is 0.0182. The highest BCUT2D eigenvalue weighted by Crippen LogP contribution is 2.34. The van der Waals surface area contributed by atoms with E-state index in [4.69, 9.17) is 9.47 Å². The Hall–Kier alpha value is -4.12. The van der Waals surface area contributed by atoms with Gasteiger partial charge in [0.1, 0.15) is 18.4 Å². The fourth-order valence-electron chi connectivity index (χ4n) is 4.05. The van der Waals surface area contributed by atoms with Crippen molar-refractivity contribution in [1.29, 1.82) is 0 Å². The summed E-state index contributed by atoms with van der Waals surface area (Å²) in [6.07, 6.45) is 0. The highest BCUT2D eigenvalue weighted by atomic mass is 32.2. The summed E-state index contributed by atoms with van der Waals surface area (Å²) in [6.45, 7) is 5.21. The van der Waals surface area contributed by atoms with Gasteiger partial charge in [-0.15, -0.1) is 0 Å². The molecule has 220 valence electrons. The number of methoxy groups -OCH3 is 2. The summed E-state index contributed by atoms with van der Waals surface area (Å²) in [5, 5.41) is 2.83. The number of ether oxygens (including phenoxy) is 2. The zero-order valence-electron chi connectivity index (χ0n) is 23.8. The van der Waals surface area contributed by atoms with E-state index in [-0.39, 0.29) is 28.8 Å². The fourth-order valence-corrected chi connectivity index (χ4v) is 5.48. The Labute approximate surface area is 240 Å². The lowest BCUT2D eigenvalue weighted by molar-refractivity contribution is -0.139. The van der Waals surface area contributed by atoms with Crippen molar-refractivity contribution >= 4 is 27.5 Å². The van der Waals surface area contributed by atoms with E-state index in [1.165, 1.54) is 67.7 Å². The lowest BCUT2D eigenvalue weighted by Crippen LogP contribution is -2.51. The van der Waals surface area contributed by atoms with Crippen molar-refractivity contribution in [3.63, 3.8) is 0 Å². The molecule has 0 fully saturated rings. The van der Waals surface area contributed by atoms with E-state index in [1.54, 1.807) is 31.2 Å². The summed E-state index contributed by atoms with van der Waals surface area (Å²) in [5.41, 5.74) is 0.741. The van der Waals surface area contributed by atoms with Gasteiger partial charge < -0.3 is 19.7 Å². The minimum atomic E-state index is -4.23. The van der Waals surface area contributed by atoms with Crippen molar-refractivity contribution < 1.29 is 31.9 Å². The van der Waals surface area contributed by atoms with Gasteiger partial charge in [0.15, 0.2) is 11.5 Å². The summed E-state index contributed by atoms with van der Waals surface area (Å²) >= 11 is 0. The summed E-state index contributed by atoms with van der Waals surface area (Å²) in [5.74, 6) is -0.622. The van der Waals surface area contributed by atoms with E-state index in [0.29, 0.717) is 17.9 Å². The molecule has 3 aromatic rings.